The third-order valence-electron chi connectivity index (χ3n) is 4.40. The lowest BCUT2D eigenvalue weighted by Crippen LogP contribution is -2.36. The molecule has 0 aliphatic heterocycles. The Morgan fingerprint density at radius 3 is 2.52 bits per heavy atom. The molecule has 1 amide bonds. The number of carbonyl (C=O) groups excluding carboxylic acids is 1. The average molecular weight is 414 g/mol. The van der Waals surface area contributed by atoms with E-state index < -0.39 is 6.10 Å². The van der Waals surface area contributed by atoms with Crippen LogP contribution >= 0.6 is 11.6 Å². The number of hydrogen-bond donors (Lipinski definition) is 1. The lowest BCUT2D eigenvalue weighted by atomic mass is 9.87. The van der Waals surface area contributed by atoms with E-state index >= 15 is 0 Å². The number of carbonyl (C=O) groups is 1. The summed E-state index contributed by atoms with van der Waals surface area (Å²) in [6.45, 7) is 8.23. The molecule has 7 heteroatoms. The van der Waals surface area contributed by atoms with Gasteiger partial charge in [0.15, 0.2) is 6.10 Å². The van der Waals surface area contributed by atoms with Crippen LogP contribution in [0.25, 0.3) is 11.4 Å². The molecule has 1 atom stereocenters. The van der Waals surface area contributed by atoms with Crippen molar-refractivity contribution in [2.24, 2.45) is 0 Å². The number of hydrogen-bond acceptors (Lipinski definition) is 5. The molecule has 1 aromatic heterocycles. The average Bonchev–Trinajstić information content (AvgIpc) is 3.15. The van der Waals surface area contributed by atoms with E-state index in [1.165, 1.54) is 5.56 Å². The molecule has 29 heavy (non-hydrogen) atoms. The summed E-state index contributed by atoms with van der Waals surface area (Å²) < 4.78 is 10.9. The number of benzene rings is 2. The van der Waals surface area contributed by atoms with Crippen LogP contribution in [0.3, 0.4) is 0 Å². The summed E-state index contributed by atoms with van der Waals surface area (Å²) in [7, 11) is 0. The zero-order valence-corrected chi connectivity index (χ0v) is 17.7. The van der Waals surface area contributed by atoms with E-state index in [0.29, 0.717) is 22.2 Å². The summed E-state index contributed by atoms with van der Waals surface area (Å²) >= 11 is 6.14. The van der Waals surface area contributed by atoms with E-state index in [4.69, 9.17) is 20.9 Å². The molecular weight excluding hydrogens is 390 g/mol. The van der Waals surface area contributed by atoms with Crippen LogP contribution in [0.1, 0.15) is 39.1 Å². The summed E-state index contributed by atoms with van der Waals surface area (Å²) in [5, 5.41) is 7.18. The van der Waals surface area contributed by atoms with Gasteiger partial charge in [0.1, 0.15) is 5.75 Å². The zero-order valence-electron chi connectivity index (χ0n) is 16.9. The summed E-state index contributed by atoms with van der Waals surface area (Å²) in [5.74, 6) is 1.03. The highest BCUT2D eigenvalue weighted by Crippen LogP contribution is 2.25. The third kappa shape index (κ3) is 5.35. The standard InChI is InChI=1S/C22H24ClN3O3/c1-14(28-16-11-9-15(10-12-16)22(2,3)4)21(27)24-13-19-25-20(26-29-19)17-7-5-6-8-18(17)23/h5-12,14H,13H2,1-4H3,(H,24,27)/t14-/m1/s1. The first kappa shape index (κ1) is 20.9. The minimum Gasteiger partial charge on any atom is -0.481 e. The summed E-state index contributed by atoms with van der Waals surface area (Å²) in [6, 6.07) is 15.0. The van der Waals surface area contributed by atoms with Crippen molar-refractivity contribution in [3.63, 3.8) is 0 Å². The number of nitrogens with one attached hydrogen (secondary N) is 1. The van der Waals surface area contributed by atoms with Gasteiger partial charge in [-0.15, -0.1) is 0 Å². The maximum Gasteiger partial charge on any atom is 0.261 e. The van der Waals surface area contributed by atoms with Gasteiger partial charge < -0.3 is 14.6 Å². The number of ether oxygens (including phenoxy) is 1. The van der Waals surface area contributed by atoms with Crippen molar-refractivity contribution in [1.29, 1.82) is 0 Å². The van der Waals surface area contributed by atoms with Crippen molar-refractivity contribution in [2.75, 3.05) is 0 Å². The highest BCUT2D eigenvalue weighted by molar-refractivity contribution is 6.33. The van der Waals surface area contributed by atoms with Crippen molar-refractivity contribution in [3.8, 4) is 17.1 Å². The van der Waals surface area contributed by atoms with E-state index in [2.05, 4.69) is 36.2 Å². The molecule has 3 aromatic rings. The molecule has 0 spiro atoms. The Morgan fingerprint density at radius 1 is 1.17 bits per heavy atom. The lowest BCUT2D eigenvalue weighted by molar-refractivity contribution is -0.127. The number of rotatable bonds is 6. The Bertz CT molecular complexity index is 977. The second-order valence-electron chi connectivity index (χ2n) is 7.74. The minimum atomic E-state index is -0.665. The molecule has 1 N–H and O–H groups in total. The normalized spacial score (nSPS) is 12.4. The van der Waals surface area contributed by atoms with Crippen molar-refractivity contribution in [2.45, 2.75) is 45.8 Å². The molecule has 0 aliphatic carbocycles. The molecule has 1 heterocycles. The fourth-order valence-corrected chi connectivity index (χ4v) is 2.90. The van der Waals surface area contributed by atoms with Gasteiger partial charge in [-0.25, -0.2) is 0 Å². The SMILES string of the molecule is C[C@@H](Oc1ccc(C(C)(C)C)cc1)C(=O)NCc1nc(-c2ccccc2Cl)no1. The number of amides is 1. The number of aromatic nitrogens is 2. The van der Waals surface area contributed by atoms with E-state index in [1.54, 1.807) is 19.1 Å². The second-order valence-corrected chi connectivity index (χ2v) is 8.15. The maximum atomic E-state index is 12.3. The Kier molecular flexibility index (Phi) is 6.23. The summed E-state index contributed by atoms with van der Waals surface area (Å²) in [4.78, 5) is 16.6. The molecular formula is C22H24ClN3O3. The Hall–Kier alpha value is -2.86. The predicted molar refractivity (Wildman–Crippen MR) is 112 cm³/mol. The monoisotopic (exact) mass is 413 g/mol. The van der Waals surface area contributed by atoms with Crippen LogP contribution in [-0.2, 0) is 16.8 Å². The third-order valence-corrected chi connectivity index (χ3v) is 4.73. The number of nitrogens with zero attached hydrogens (tertiary/aromatic N) is 2. The van der Waals surface area contributed by atoms with Crippen LogP contribution in [0.2, 0.25) is 5.02 Å². The molecule has 152 valence electrons. The zero-order chi connectivity index (χ0) is 21.0. The van der Waals surface area contributed by atoms with Crippen LogP contribution in [0.5, 0.6) is 5.75 Å². The van der Waals surface area contributed by atoms with Gasteiger partial charge in [0.25, 0.3) is 5.91 Å². The first-order chi connectivity index (χ1) is 13.7. The minimum absolute atomic E-state index is 0.0639. The lowest BCUT2D eigenvalue weighted by Gasteiger charge is -2.20. The van der Waals surface area contributed by atoms with Crippen molar-refractivity contribution < 1.29 is 14.1 Å². The molecule has 2 aromatic carbocycles. The van der Waals surface area contributed by atoms with E-state index in [9.17, 15) is 4.79 Å². The molecule has 0 aliphatic rings. The van der Waals surface area contributed by atoms with Gasteiger partial charge in [0, 0.05) is 5.56 Å². The maximum absolute atomic E-state index is 12.3. The van der Waals surface area contributed by atoms with Crippen LogP contribution in [0.15, 0.2) is 53.1 Å². The van der Waals surface area contributed by atoms with Crippen molar-refractivity contribution in [1.82, 2.24) is 15.5 Å². The van der Waals surface area contributed by atoms with E-state index in [0.717, 1.165) is 0 Å². The van der Waals surface area contributed by atoms with E-state index in [1.807, 2.05) is 36.4 Å². The van der Waals surface area contributed by atoms with Gasteiger partial charge in [0.2, 0.25) is 11.7 Å². The fraction of sp³-hybridized carbons (Fsp3) is 0.318. The molecule has 3 rings (SSSR count). The molecule has 0 fully saturated rings. The first-order valence-electron chi connectivity index (χ1n) is 9.36. The molecule has 0 bridgehead atoms. The molecule has 0 unspecified atom stereocenters. The van der Waals surface area contributed by atoms with Crippen molar-refractivity contribution >= 4 is 17.5 Å². The quantitative estimate of drug-likeness (QED) is 0.629. The summed E-state index contributed by atoms with van der Waals surface area (Å²) in [5.41, 5.74) is 1.94. The van der Waals surface area contributed by atoms with Crippen LogP contribution in [0, 0.1) is 0 Å². The van der Waals surface area contributed by atoms with Crippen LogP contribution < -0.4 is 10.1 Å². The smallest absolute Gasteiger partial charge is 0.261 e. The highest BCUT2D eigenvalue weighted by atomic mass is 35.5. The number of halogens is 1. The Balaban J connectivity index is 1.55. The largest absolute Gasteiger partial charge is 0.481 e. The topological polar surface area (TPSA) is 77.2 Å². The van der Waals surface area contributed by atoms with Gasteiger partial charge in [-0.05, 0) is 42.2 Å². The van der Waals surface area contributed by atoms with E-state index in [-0.39, 0.29) is 23.8 Å². The van der Waals surface area contributed by atoms with Gasteiger partial charge in [-0.3, -0.25) is 4.79 Å². The molecule has 0 radical (unpaired) electrons. The summed E-state index contributed by atoms with van der Waals surface area (Å²) in [6.07, 6.45) is -0.665. The van der Waals surface area contributed by atoms with Gasteiger partial charge in [0.05, 0.1) is 11.6 Å². The molecule has 6 nitrogen and oxygen atoms in total. The fourth-order valence-electron chi connectivity index (χ4n) is 2.68. The molecule has 0 saturated carbocycles. The predicted octanol–water partition coefficient (Wildman–Crippen LogP) is 4.77. The molecule has 0 saturated heterocycles. The second kappa shape index (κ2) is 8.66. The van der Waals surface area contributed by atoms with Gasteiger partial charge >= 0.3 is 0 Å². The Labute approximate surface area is 175 Å². The Morgan fingerprint density at radius 2 is 1.86 bits per heavy atom. The first-order valence-corrected chi connectivity index (χ1v) is 9.74. The highest BCUT2D eigenvalue weighted by Gasteiger charge is 2.18. The van der Waals surface area contributed by atoms with Gasteiger partial charge in [-0.1, -0.05) is 61.8 Å². The van der Waals surface area contributed by atoms with Gasteiger partial charge in [-0.2, -0.15) is 4.98 Å². The van der Waals surface area contributed by atoms with Crippen molar-refractivity contribution in [3.05, 3.63) is 65.0 Å². The van der Waals surface area contributed by atoms with Crippen LogP contribution in [-0.4, -0.2) is 22.2 Å². The van der Waals surface area contributed by atoms with Crippen LogP contribution in [0.4, 0.5) is 0 Å².